The molecule has 5 rings (SSSR count). The van der Waals surface area contributed by atoms with Crippen molar-refractivity contribution >= 4 is 28.8 Å². The number of H-pyrrole nitrogens is 1. The summed E-state index contributed by atoms with van der Waals surface area (Å²) in [6, 6.07) is 18.1. The fraction of sp³-hybridized carbons (Fsp3) is 0.212. The van der Waals surface area contributed by atoms with Gasteiger partial charge in [0.15, 0.2) is 0 Å². The second-order valence-corrected chi connectivity index (χ2v) is 10.3. The lowest BCUT2D eigenvalue weighted by molar-refractivity contribution is 0.0903. The normalized spacial score (nSPS) is 13.9. The Balaban J connectivity index is 1.45. The van der Waals surface area contributed by atoms with Gasteiger partial charge in [0.05, 0.1) is 18.2 Å². The third kappa shape index (κ3) is 5.78. The van der Waals surface area contributed by atoms with Crippen LogP contribution in [-0.2, 0) is 6.42 Å². The van der Waals surface area contributed by atoms with Gasteiger partial charge >= 0.3 is 0 Å². The number of nitrogens with one attached hydrogen (secondary N) is 3. The number of ether oxygens (including phenoxy) is 1. The predicted molar refractivity (Wildman–Crippen MR) is 156 cm³/mol. The van der Waals surface area contributed by atoms with E-state index in [-0.39, 0.29) is 18.4 Å². The van der Waals surface area contributed by atoms with Crippen LogP contribution in [0, 0.1) is 11.8 Å². The van der Waals surface area contributed by atoms with Crippen molar-refractivity contribution in [2.24, 2.45) is 0 Å². The van der Waals surface area contributed by atoms with Gasteiger partial charge in [0.25, 0.3) is 11.8 Å². The van der Waals surface area contributed by atoms with Crippen molar-refractivity contribution in [2.75, 3.05) is 13.7 Å². The molecule has 0 unspecified atom stereocenters. The molecule has 4 aromatic rings. The maximum atomic E-state index is 13.6. The van der Waals surface area contributed by atoms with Gasteiger partial charge in [-0.15, -0.1) is 0 Å². The number of rotatable bonds is 6. The molecule has 1 aromatic heterocycles. The summed E-state index contributed by atoms with van der Waals surface area (Å²) < 4.78 is 6.21. The molecule has 4 N–H and O–H groups in total. The zero-order valence-corrected chi connectivity index (χ0v) is 22.7. The first-order valence-electron chi connectivity index (χ1n) is 13.1. The summed E-state index contributed by atoms with van der Waals surface area (Å²) >= 11 is 0. The van der Waals surface area contributed by atoms with E-state index in [9.17, 15) is 14.7 Å². The van der Waals surface area contributed by atoms with Crippen LogP contribution in [0.2, 0.25) is 0 Å². The topological polar surface area (TPSA) is 103 Å². The molecule has 3 aromatic carbocycles. The van der Waals surface area contributed by atoms with E-state index < -0.39 is 11.6 Å². The summed E-state index contributed by atoms with van der Waals surface area (Å²) in [5, 5.41) is 16.8. The van der Waals surface area contributed by atoms with Crippen molar-refractivity contribution in [3.8, 4) is 17.6 Å². The van der Waals surface area contributed by atoms with Crippen molar-refractivity contribution < 1.29 is 19.4 Å². The Labute approximate surface area is 233 Å². The molecule has 0 bridgehead atoms. The minimum Gasteiger partial charge on any atom is -0.482 e. The summed E-state index contributed by atoms with van der Waals surface area (Å²) in [5.41, 5.74) is 4.33. The minimum atomic E-state index is -0.587. The van der Waals surface area contributed by atoms with E-state index in [4.69, 9.17) is 4.74 Å². The molecule has 0 spiro atoms. The van der Waals surface area contributed by atoms with Gasteiger partial charge in [-0.25, -0.2) is 0 Å². The van der Waals surface area contributed by atoms with Crippen LogP contribution < -0.4 is 15.4 Å². The molecular weight excluding hydrogens is 502 g/mol. The van der Waals surface area contributed by atoms with Crippen LogP contribution >= 0.6 is 0 Å². The van der Waals surface area contributed by atoms with Gasteiger partial charge in [0.2, 0.25) is 0 Å². The number of aliphatic hydroxyl groups excluding tert-OH is 1. The number of hydrogen-bond donors (Lipinski definition) is 4. The molecule has 7 nitrogen and oxygen atoms in total. The molecule has 7 heteroatoms. The van der Waals surface area contributed by atoms with E-state index in [0.717, 1.165) is 22.0 Å². The SMILES string of the molecule is CNC(=O)c1cccc(C#Cc2cc3c(c(C(=O)N[C@@H](CO)Cc4c[nH]c5ccccc45)c2)OC(C)(C)C=C3)c1. The van der Waals surface area contributed by atoms with Crippen LogP contribution in [0.15, 0.2) is 72.9 Å². The first-order chi connectivity index (χ1) is 19.3. The Kier molecular flexibility index (Phi) is 7.45. The predicted octanol–water partition coefficient (Wildman–Crippen LogP) is 4.44. The smallest absolute Gasteiger partial charge is 0.255 e. The Morgan fingerprint density at radius 3 is 2.62 bits per heavy atom. The molecule has 1 aliphatic heterocycles. The quantitative estimate of drug-likeness (QED) is 0.275. The first-order valence-corrected chi connectivity index (χ1v) is 13.1. The summed E-state index contributed by atoms with van der Waals surface area (Å²) in [4.78, 5) is 28.9. The van der Waals surface area contributed by atoms with Gasteiger partial charge in [0, 0.05) is 46.4 Å². The lowest BCUT2D eigenvalue weighted by Gasteiger charge is -2.29. The summed E-state index contributed by atoms with van der Waals surface area (Å²) in [5.74, 6) is 6.16. The number of aliphatic hydroxyl groups is 1. The van der Waals surface area contributed by atoms with Crippen molar-refractivity contribution in [3.63, 3.8) is 0 Å². The van der Waals surface area contributed by atoms with Crippen LogP contribution in [-0.4, -0.2) is 47.2 Å². The fourth-order valence-electron chi connectivity index (χ4n) is 4.73. The lowest BCUT2D eigenvalue weighted by atomic mass is 9.96. The highest BCUT2D eigenvalue weighted by Crippen LogP contribution is 2.35. The number of aromatic amines is 1. The van der Waals surface area contributed by atoms with Crippen LogP contribution in [0.3, 0.4) is 0 Å². The number of amides is 2. The molecule has 0 radical (unpaired) electrons. The van der Waals surface area contributed by atoms with Crippen molar-refractivity contribution in [3.05, 3.63) is 106 Å². The highest BCUT2D eigenvalue weighted by molar-refractivity contribution is 5.99. The zero-order valence-electron chi connectivity index (χ0n) is 22.7. The maximum absolute atomic E-state index is 13.6. The minimum absolute atomic E-state index is 0.188. The molecule has 0 aliphatic carbocycles. The van der Waals surface area contributed by atoms with Crippen molar-refractivity contribution in [1.29, 1.82) is 0 Å². The van der Waals surface area contributed by atoms with Gasteiger partial charge in [-0.3, -0.25) is 9.59 Å². The van der Waals surface area contributed by atoms with E-state index in [1.165, 1.54) is 0 Å². The molecule has 0 saturated carbocycles. The summed E-state index contributed by atoms with van der Waals surface area (Å²) in [7, 11) is 1.58. The average molecular weight is 534 g/mol. The van der Waals surface area contributed by atoms with Gasteiger partial charge < -0.3 is 25.5 Å². The number of benzene rings is 3. The Hall–Kier alpha value is -4.80. The number of carbonyl (C=O) groups excluding carboxylic acids is 2. The van der Waals surface area contributed by atoms with E-state index in [0.29, 0.717) is 34.4 Å². The molecule has 1 aliphatic rings. The first kappa shape index (κ1) is 26.8. The molecule has 2 heterocycles. The van der Waals surface area contributed by atoms with Crippen LogP contribution in [0.25, 0.3) is 17.0 Å². The average Bonchev–Trinajstić information content (AvgIpc) is 3.37. The van der Waals surface area contributed by atoms with Gasteiger partial charge in [-0.1, -0.05) is 42.2 Å². The molecule has 0 fully saturated rings. The standard InChI is InChI=1S/C33H31N3O4/c1-33(2)14-13-23-16-22(12-11-21-7-6-8-24(15-21)31(38)34-3)17-28(30(23)40-33)32(39)36-26(20-37)18-25-19-35-29-10-5-4-9-27(25)29/h4-10,13-17,19,26,35,37H,18,20H2,1-3H3,(H,34,38)(H,36,39)/t26-/m1/s1. The van der Waals surface area contributed by atoms with E-state index in [2.05, 4.69) is 27.5 Å². The Morgan fingerprint density at radius 1 is 1.02 bits per heavy atom. The number of fused-ring (bicyclic) bond motifs is 2. The fourth-order valence-corrected chi connectivity index (χ4v) is 4.73. The van der Waals surface area contributed by atoms with Crippen LogP contribution in [0.4, 0.5) is 0 Å². The maximum Gasteiger partial charge on any atom is 0.255 e. The summed E-state index contributed by atoms with van der Waals surface area (Å²) in [6.45, 7) is 3.63. The highest BCUT2D eigenvalue weighted by atomic mass is 16.5. The van der Waals surface area contributed by atoms with E-state index in [1.807, 2.05) is 68.6 Å². The monoisotopic (exact) mass is 533 g/mol. The number of carbonyl (C=O) groups is 2. The van der Waals surface area contributed by atoms with Crippen molar-refractivity contribution in [2.45, 2.75) is 31.9 Å². The third-order valence-corrected chi connectivity index (χ3v) is 6.79. The third-order valence-electron chi connectivity index (χ3n) is 6.79. The highest BCUT2D eigenvalue weighted by Gasteiger charge is 2.28. The zero-order chi connectivity index (χ0) is 28.3. The molecule has 40 heavy (non-hydrogen) atoms. The van der Waals surface area contributed by atoms with Gasteiger partial charge in [-0.05, 0) is 68.3 Å². The van der Waals surface area contributed by atoms with Crippen molar-refractivity contribution in [1.82, 2.24) is 15.6 Å². The van der Waals surface area contributed by atoms with Crippen LogP contribution in [0.1, 0.15) is 56.8 Å². The second-order valence-electron chi connectivity index (χ2n) is 10.3. The Morgan fingerprint density at radius 2 is 1.82 bits per heavy atom. The van der Waals surface area contributed by atoms with E-state index in [1.54, 1.807) is 31.3 Å². The van der Waals surface area contributed by atoms with Gasteiger partial charge in [0.1, 0.15) is 11.4 Å². The molecule has 2 amide bonds. The van der Waals surface area contributed by atoms with E-state index >= 15 is 0 Å². The van der Waals surface area contributed by atoms with Crippen LogP contribution in [0.5, 0.6) is 5.75 Å². The van der Waals surface area contributed by atoms with Gasteiger partial charge in [-0.2, -0.15) is 0 Å². The lowest BCUT2D eigenvalue weighted by Crippen LogP contribution is -2.40. The molecule has 1 atom stereocenters. The Bertz CT molecular complexity index is 1690. The molecule has 0 saturated heterocycles. The summed E-state index contributed by atoms with van der Waals surface area (Å²) in [6.07, 6.45) is 6.24. The number of para-hydroxylation sites is 1. The molecule has 202 valence electrons. The second kappa shape index (κ2) is 11.1. The molecular formula is C33H31N3O4. The largest absolute Gasteiger partial charge is 0.482 e. The number of hydrogen-bond acceptors (Lipinski definition) is 4. The number of aromatic nitrogens is 1.